The molecule has 1 amide bonds. The molecule has 4 nitrogen and oxygen atoms in total. The molecule has 0 bridgehead atoms. The van der Waals surface area contributed by atoms with Gasteiger partial charge in [0.15, 0.2) is 0 Å². The topological polar surface area (TPSA) is 58.6 Å². The SMILES string of the molecule is CC(O)(CC(=O)NCCCOc1ccc(F)cc1)c1ccccc1. The highest BCUT2D eigenvalue weighted by Crippen LogP contribution is 2.23. The average molecular weight is 331 g/mol. The van der Waals surface area contributed by atoms with Crippen molar-refractivity contribution in [3.8, 4) is 5.75 Å². The van der Waals surface area contributed by atoms with Gasteiger partial charge in [0.2, 0.25) is 5.91 Å². The molecule has 1 atom stereocenters. The molecule has 0 radical (unpaired) electrons. The fraction of sp³-hybridized carbons (Fsp3) is 0.316. The van der Waals surface area contributed by atoms with Crippen molar-refractivity contribution >= 4 is 5.91 Å². The molecule has 0 spiro atoms. The van der Waals surface area contributed by atoms with Crippen LogP contribution in [0.5, 0.6) is 5.75 Å². The van der Waals surface area contributed by atoms with E-state index in [4.69, 9.17) is 4.74 Å². The van der Waals surface area contributed by atoms with E-state index in [2.05, 4.69) is 5.32 Å². The van der Waals surface area contributed by atoms with Crippen molar-refractivity contribution in [3.05, 3.63) is 66.0 Å². The number of halogens is 1. The molecule has 2 rings (SSSR count). The number of rotatable bonds is 8. The number of carbonyl (C=O) groups excluding carboxylic acids is 1. The summed E-state index contributed by atoms with van der Waals surface area (Å²) in [4.78, 5) is 11.9. The van der Waals surface area contributed by atoms with Gasteiger partial charge >= 0.3 is 0 Å². The van der Waals surface area contributed by atoms with E-state index in [0.29, 0.717) is 30.9 Å². The van der Waals surface area contributed by atoms with Crippen molar-refractivity contribution in [2.24, 2.45) is 0 Å². The van der Waals surface area contributed by atoms with Crippen molar-refractivity contribution in [2.75, 3.05) is 13.2 Å². The molecule has 24 heavy (non-hydrogen) atoms. The number of ether oxygens (including phenoxy) is 1. The van der Waals surface area contributed by atoms with E-state index in [9.17, 15) is 14.3 Å². The lowest BCUT2D eigenvalue weighted by Gasteiger charge is -2.23. The van der Waals surface area contributed by atoms with Crippen LogP contribution in [0.25, 0.3) is 0 Å². The largest absolute Gasteiger partial charge is 0.494 e. The number of aliphatic hydroxyl groups is 1. The monoisotopic (exact) mass is 331 g/mol. The molecule has 0 aliphatic rings. The van der Waals surface area contributed by atoms with Crippen LogP contribution in [0.15, 0.2) is 54.6 Å². The number of benzene rings is 2. The number of hydrogen-bond donors (Lipinski definition) is 2. The lowest BCUT2D eigenvalue weighted by Crippen LogP contribution is -2.33. The predicted molar refractivity (Wildman–Crippen MR) is 90.2 cm³/mol. The van der Waals surface area contributed by atoms with Gasteiger partial charge in [-0.1, -0.05) is 30.3 Å². The molecule has 5 heteroatoms. The van der Waals surface area contributed by atoms with Crippen LogP contribution in [0.3, 0.4) is 0 Å². The van der Waals surface area contributed by atoms with Gasteiger partial charge in [-0.2, -0.15) is 0 Å². The minimum Gasteiger partial charge on any atom is -0.494 e. The Labute approximate surface area is 141 Å². The van der Waals surface area contributed by atoms with Crippen LogP contribution in [-0.2, 0) is 10.4 Å². The standard InChI is InChI=1S/C19H22FNO3/c1-19(23,15-6-3-2-4-7-15)14-18(22)21-12-5-13-24-17-10-8-16(20)9-11-17/h2-4,6-11,23H,5,12-14H2,1H3,(H,21,22). The number of amides is 1. The summed E-state index contributed by atoms with van der Waals surface area (Å²) >= 11 is 0. The zero-order chi connectivity index (χ0) is 17.4. The van der Waals surface area contributed by atoms with E-state index in [1.165, 1.54) is 12.1 Å². The second kappa shape index (κ2) is 8.45. The Kier molecular flexibility index (Phi) is 6.32. The molecule has 0 heterocycles. The van der Waals surface area contributed by atoms with Crippen LogP contribution in [-0.4, -0.2) is 24.2 Å². The highest BCUT2D eigenvalue weighted by molar-refractivity contribution is 5.77. The summed E-state index contributed by atoms with van der Waals surface area (Å²) in [6.45, 7) is 2.49. The average Bonchev–Trinajstić information content (AvgIpc) is 2.56. The zero-order valence-electron chi connectivity index (χ0n) is 13.7. The van der Waals surface area contributed by atoms with Crippen molar-refractivity contribution in [1.82, 2.24) is 5.32 Å². The molecule has 128 valence electrons. The van der Waals surface area contributed by atoms with Gasteiger partial charge in [-0.15, -0.1) is 0 Å². The summed E-state index contributed by atoms with van der Waals surface area (Å²) in [5.41, 5.74) is -0.490. The number of carbonyl (C=O) groups is 1. The third-order valence-electron chi connectivity index (χ3n) is 3.63. The van der Waals surface area contributed by atoms with Gasteiger partial charge in [0.05, 0.1) is 18.6 Å². The van der Waals surface area contributed by atoms with E-state index in [0.717, 1.165) is 0 Å². The first-order valence-corrected chi connectivity index (χ1v) is 7.90. The van der Waals surface area contributed by atoms with E-state index in [1.807, 2.05) is 18.2 Å². The summed E-state index contributed by atoms with van der Waals surface area (Å²) in [6.07, 6.45) is 0.617. The second-order valence-electron chi connectivity index (χ2n) is 5.82. The third kappa shape index (κ3) is 5.66. The lowest BCUT2D eigenvalue weighted by atomic mass is 9.92. The highest BCUT2D eigenvalue weighted by Gasteiger charge is 2.26. The molecule has 0 aliphatic heterocycles. The van der Waals surface area contributed by atoms with Crippen molar-refractivity contribution in [1.29, 1.82) is 0 Å². The maximum atomic E-state index is 12.8. The van der Waals surface area contributed by atoms with Crippen LogP contribution < -0.4 is 10.1 Å². The summed E-state index contributed by atoms with van der Waals surface area (Å²) in [6, 6.07) is 14.9. The molecule has 0 saturated heterocycles. The van der Waals surface area contributed by atoms with Gasteiger partial charge in [-0.05, 0) is 43.2 Å². The lowest BCUT2D eigenvalue weighted by molar-refractivity contribution is -0.125. The normalized spacial score (nSPS) is 13.1. The fourth-order valence-corrected chi connectivity index (χ4v) is 2.30. The predicted octanol–water partition coefficient (Wildman–Crippen LogP) is 3.01. The Bertz CT molecular complexity index is 641. The van der Waals surface area contributed by atoms with Crippen molar-refractivity contribution in [3.63, 3.8) is 0 Å². The van der Waals surface area contributed by atoms with Gasteiger partial charge in [0, 0.05) is 6.54 Å². The van der Waals surface area contributed by atoms with Crippen LogP contribution in [0.4, 0.5) is 4.39 Å². The van der Waals surface area contributed by atoms with E-state index in [-0.39, 0.29) is 18.1 Å². The smallest absolute Gasteiger partial charge is 0.223 e. The molecular weight excluding hydrogens is 309 g/mol. The Morgan fingerprint density at radius 1 is 1.17 bits per heavy atom. The van der Waals surface area contributed by atoms with Gasteiger partial charge in [0.25, 0.3) is 0 Å². The van der Waals surface area contributed by atoms with Gasteiger partial charge in [-0.3, -0.25) is 4.79 Å². The van der Waals surface area contributed by atoms with Gasteiger partial charge in [-0.25, -0.2) is 4.39 Å². The first-order valence-electron chi connectivity index (χ1n) is 7.90. The second-order valence-corrected chi connectivity index (χ2v) is 5.82. The minimum absolute atomic E-state index is 0.00413. The summed E-state index contributed by atoms with van der Waals surface area (Å²) < 4.78 is 18.2. The Hall–Kier alpha value is -2.40. The molecule has 2 aromatic carbocycles. The molecular formula is C19H22FNO3. The van der Waals surface area contributed by atoms with Crippen LogP contribution >= 0.6 is 0 Å². The summed E-state index contributed by atoms with van der Waals surface area (Å²) in [7, 11) is 0. The molecule has 2 N–H and O–H groups in total. The third-order valence-corrected chi connectivity index (χ3v) is 3.63. The van der Waals surface area contributed by atoms with E-state index in [1.54, 1.807) is 31.2 Å². The summed E-state index contributed by atoms with van der Waals surface area (Å²) in [5.74, 6) is 0.0699. The van der Waals surface area contributed by atoms with Gasteiger partial charge in [0.1, 0.15) is 11.6 Å². The molecule has 2 aromatic rings. The Morgan fingerprint density at radius 3 is 2.50 bits per heavy atom. The maximum Gasteiger partial charge on any atom is 0.223 e. The minimum atomic E-state index is -1.20. The molecule has 0 saturated carbocycles. The first kappa shape index (κ1) is 17.9. The quantitative estimate of drug-likeness (QED) is 0.731. The zero-order valence-corrected chi connectivity index (χ0v) is 13.7. The number of nitrogens with one attached hydrogen (secondary N) is 1. The van der Waals surface area contributed by atoms with Crippen molar-refractivity contribution < 1.29 is 19.0 Å². The maximum absolute atomic E-state index is 12.8. The van der Waals surface area contributed by atoms with E-state index >= 15 is 0 Å². The van der Waals surface area contributed by atoms with Crippen LogP contribution in [0.2, 0.25) is 0 Å². The molecule has 1 unspecified atom stereocenters. The molecule has 0 fully saturated rings. The van der Waals surface area contributed by atoms with E-state index < -0.39 is 5.60 Å². The summed E-state index contributed by atoms with van der Waals surface area (Å²) in [5, 5.41) is 13.2. The molecule has 0 aromatic heterocycles. The van der Waals surface area contributed by atoms with Crippen LogP contribution in [0.1, 0.15) is 25.3 Å². The Morgan fingerprint density at radius 2 is 1.83 bits per heavy atom. The Balaban J connectivity index is 1.67. The van der Waals surface area contributed by atoms with Crippen molar-refractivity contribution in [2.45, 2.75) is 25.4 Å². The molecule has 0 aliphatic carbocycles. The number of hydrogen-bond acceptors (Lipinski definition) is 3. The first-order chi connectivity index (χ1) is 11.5. The fourth-order valence-electron chi connectivity index (χ4n) is 2.30. The van der Waals surface area contributed by atoms with Gasteiger partial charge < -0.3 is 15.2 Å². The highest BCUT2D eigenvalue weighted by atomic mass is 19.1. The van der Waals surface area contributed by atoms with Crippen LogP contribution in [0, 0.1) is 5.82 Å².